The molecule has 0 heterocycles. The Morgan fingerprint density at radius 1 is 1.43 bits per heavy atom. The van der Waals surface area contributed by atoms with E-state index in [0.717, 1.165) is 25.4 Å². The summed E-state index contributed by atoms with van der Waals surface area (Å²) >= 11 is 1.74. The van der Waals surface area contributed by atoms with Gasteiger partial charge in [-0.3, -0.25) is 4.79 Å². The molecule has 0 radical (unpaired) electrons. The number of aliphatic carboxylic acids is 1. The molecule has 1 atom stereocenters. The van der Waals surface area contributed by atoms with Gasteiger partial charge in [0.1, 0.15) is 0 Å². The van der Waals surface area contributed by atoms with E-state index in [2.05, 4.69) is 18.7 Å². The van der Waals surface area contributed by atoms with Crippen LogP contribution >= 0.6 is 11.8 Å². The van der Waals surface area contributed by atoms with E-state index in [1.54, 1.807) is 11.8 Å². The Balaban J connectivity index is 3.47. The Labute approximate surface area is 90.9 Å². The smallest absolute Gasteiger partial charge is 0.304 e. The second-order valence-electron chi connectivity index (χ2n) is 3.31. The van der Waals surface area contributed by atoms with Crippen molar-refractivity contribution in [1.82, 2.24) is 4.90 Å². The van der Waals surface area contributed by atoms with Crippen LogP contribution in [0.2, 0.25) is 0 Å². The number of carboxylic acids is 1. The number of rotatable bonds is 8. The molecule has 3 nitrogen and oxygen atoms in total. The van der Waals surface area contributed by atoms with E-state index in [-0.39, 0.29) is 11.7 Å². The van der Waals surface area contributed by atoms with E-state index in [9.17, 15) is 4.79 Å². The summed E-state index contributed by atoms with van der Waals surface area (Å²) in [5.74, 6) is 0.323. The third-order valence-electron chi connectivity index (χ3n) is 2.17. The minimum Gasteiger partial charge on any atom is -0.481 e. The summed E-state index contributed by atoms with van der Waals surface area (Å²) in [6.45, 7) is 9.47. The molecule has 0 aliphatic heterocycles. The first kappa shape index (κ1) is 13.8. The van der Waals surface area contributed by atoms with Crippen LogP contribution in [0.4, 0.5) is 0 Å². The molecule has 1 N–H and O–H groups in total. The van der Waals surface area contributed by atoms with Crippen LogP contribution in [0, 0.1) is 0 Å². The molecule has 0 aromatic rings. The summed E-state index contributed by atoms with van der Waals surface area (Å²) < 4.78 is 0. The molecule has 14 heavy (non-hydrogen) atoms. The first-order valence-corrected chi connectivity index (χ1v) is 6.20. The van der Waals surface area contributed by atoms with Crippen LogP contribution in [0.3, 0.4) is 0 Å². The molecule has 0 rings (SSSR count). The van der Waals surface area contributed by atoms with Crippen LogP contribution < -0.4 is 0 Å². The van der Waals surface area contributed by atoms with Crippen molar-refractivity contribution < 1.29 is 9.90 Å². The summed E-state index contributed by atoms with van der Waals surface area (Å²) in [5.41, 5.74) is 0. The van der Waals surface area contributed by atoms with Gasteiger partial charge < -0.3 is 10.0 Å². The number of nitrogens with zero attached hydrogens (tertiary/aromatic N) is 1. The van der Waals surface area contributed by atoms with Gasteiger partial charge in [0.2, 0.25) is 0 Å². The highest BCUT2D eigenvalue weighted by atomic mass is 32.2. The van der Waals surface area contributed by atoms with E-state index in [1.807, 2.05) is 6.92 Å². The average Bonchev–Trinajstić information content (AvgIpc) is 2.11. The van der Waals surface area contributed by atoms with Crippen molar-refractivity contribution in [2.24, 2.45) is 0 Å². The van der Waals surface area contributed by atoms with Gasteiger partial charge in [0.15, 0.2) is 0 Å². The predicted octanol–water partition coefficient (Wildman–Crippen LogP) is 1.92. The average molecular weight is 219 g/mol. The molecule has 0 saturated carbocycles. The van der Waals surface area contributed by atoms with Crippen LogP contribution in [-0.4, -0.2) is 46.6 Å². The molecular weight excluding hydrogens is 198 g/mol. The molecular formula is C10H21NO2S. The molecule has 0 fully saturated rings. The van der Waals surface area contributed by atoms with E-state index in [0.29, 0.717) is 0 Å². The highest BCUT2D eigenvalue weighted by Crippen LogP contribution is 2.13. The molecule has 1 unspecified atom stereocenters. The van der Waals surface area contributed by atoms with Gasteiger partial charge in [-0.25, -0.2) is 0 Å². The van der Waals surface area contributed by atoms with Crippen LogP contribution in [0.5, 0.6) is 0 Å². The third-order valence-corrected chi connectivity index (χ3v) is 3.32. The van der Waals surface area contributed by atoms with Gasteiger partial charge in [-0.05, 0) is 13.1 Å². The maximum atomic E-state index is 10.4. The lowest BCUT2D eigenvalue weighted by Crippen LogP contribution is -2.26. The van der Waals surface area contributed by atoms with Gasteiger partial charge in [-0.1, -0.05) is 20.8 Å². The first-order valence-electron chi connectivity index (χ1n) is 5.15. The summed E-state index contributed by atoms with van der Waals surface area (Å²) in [7, 11) is 0. The van der Waals surface area contributed by atoms with E-state index < -0.39 is 5.97 Å². The molecule has 0 aliphatic carbocycles. The number of carboxylic acid groups (broad SMARTS) is 1. The monoisotopic (exact) mass is 219 g/mol. The second kappa shape index (κ2) is 8.12. The second-order valence-corrected chi connectivity index (χ2v) is 4.85. The molecule has 0 aliphatic rings. The number of carbonyl (C=O) groups is 1. The lowest BCUT2D eigenvalue weighted by molar-refractivity contribution is -0.136. The van der Waals surface area contributed by atoms with Crippen molar-refractivity contribution in [2.45, 2.75) is 32.4 Å². The quantitative estimate of drug-likeness (QED) is 0.677. The van der Waals surface area contributed by atoms with Crippen molar-refractivity contribution in [2.75, 3.05) is 25.4 Å². The van der Waals surface area contributed by atoms with Crippen LogP contribution in [0.15, 0.2) is 0 Å². The molecule has 0 aromatic heterocycles. The first-order chi connectivity index (χ1) is 6.60. The fraction of sp³-hybridized carbons (Fsp3) is 0.900. The largest absolute Gasteiger partial charge is 0.481 e. The zero-order valence-electron chi connectivity index (χ0n) is 9.32. The molecule has 84 valence electrons. The van der Waals surface area contributed by atoms with Gasteiger partial charge in [-0.2, -0.15) is 11.8 Å². The molecule has 0 saturated heterocycles. The van der Waals surface area contributed by atoms with Gasteiger partial charge in [0.25, 0.3) is 0 Å². The summed E-state index contributed by atoms with van der Waals surface area (Å²) in [6.07, 6.45) is 0.267. The highest BCUT2D eigenvalue weighted by Gasteiger charge is 2.08. The summed E-state index contributed by atoms with van der Waals surface area (Å²) in [5, 5.41) is 8.79. The Morgan fingerprint density at radius 2 is 2.00 bits per heavy atom. The van der Waals surface area contributed by atoms with Crippen LogP contribution in [0.1, 0.15) is 27.2 Å². The van der Waals surface area contributed by atoms with Gasteiger partial charge >= 0.3 is 5.97 Å². The molecule has 0 amide bonds. The fourth-order valence-corrected chi connectivity index (χ4v) is 2.25. The predicted molar refractivity (Wildman–Crippen MR) is 62.0 cm³/mol. The number of hydrogen-bond acceptors (Lipinski definition) is 3. The fourth-order valence-electron chi connectivity index (χ4n) is 1.23. The Hall–Kier alpha value is -0.220. The lowest BCUT2D eigenvalue weighted by atomic mass is 10.3. The van der Waals surface area contributed by atoms with E-state index >= 15 is 0 Å². The summed E-state index contributed by atoms with van der Waals surface area (Å²) in [6, 6.07) is 0. The Bertz CT molecular complexity index is 160. The van der Waals surface area contributed by atoms with E-state index in [1.165, 1.54) is 0 Å². The summed E-state index contributed by atoms with van der Waals surface area (Å²) in [4.78, 5) is 12.7. The van der Waals surface area contributed by atoms with Crippen molar-refractivity contribution in [3.05, 3.63) is 0 Å². The van der Waals surface area contributed by atoms with Gasteiger partial charge in [0, 0.05) is 17.5 Å². The van der Waals surface area contributed by atoms with E-state index in [4.69, 9.17) is 5.11 Å². The zero-order valence-corrected chi connectivity index (χ0v) is 10.1. The maximum absolute atomic E-state index is 10.4. The molecule has 0 spiro atoms. The van der Waals surface area contributed by atoms with Gasteiger partial charge in [-0.15, -0.1) is 0 Å². The number of hydrogen-bond donors (Lipinski definition) is 1. The molecule has 4 heteroatoms. The SMILES string of the molecule is CCN(CC)CCSC(C)CC(=O)O. The standard InChI is InChI=1S/C10H21NO2S/c1-4-11(5-2)6-7-14-9(3)8-10(12)13/h9H,4-8H2,1-3H3,(H,12,13). The normalized spacial score (nSPS) is 13.1. The maximum Gasteiger partial charge on any atom is 0.304 e. The third kappa shape index (κ3) is 7.21. The van der Waals surface area contributed by atoms with Crippen molar-refractivity contribution in [3.63, 3.8) is 0 Å². The van der Waals surface area contributed by atoms with Crippen LogP contribution in [0.25, 0.3) is 0 Å². The Kier molecular flexibility index (Phi) is 7.99. The van der Waals surface area contributed by atoms with Crippen molar-refractivity contribution >= 4 is 17.7 Å². The topological polar surface area (TPSA) is 40.5 Å². The van der Waals surface area contributed by atoms with Crippen LogP contribution in [-0.2, 0) is 4.79 Å². The van der Waals surface area contributed by atoms with Crippen molar-refractivity contribution in [3.8, 4) is 0 Å². The highest BCUT2D eigenvalue weighted by molar-refractivity contribution is 7.99. The number of thioether (sulfide) groups is 1. The Morgan fingerprint density at radius 3 is 2.43 bits per heavy atom. The van der Waals surface area contributed by atoms with Crippen molar-refractivity contribution in [1.29, 1.82) is 0 Å². The van der Waals surface area contributed by atoms with Gasteiger partial charge in [0.05, 0.1) is 6.42 Å². The lowest BCUT2D eigenvalue weighted by Gasteiger charge is -2.18. The molecule has 0 aromatic carbocycles. The molecule has 0 bridgehead atoms. The zero-order chi connectivity index (χ0) is 11.0. The minimum atomic E-state index is -0.701. The minimum absolute atomic E-state index is 0.225.